The van der Waals surface area contributed by atoms with E-state index >= 15 is 0 Å². The Kier molecular flexibility index (Phi) is 5.59. The summed E-state index contributed by atoms with van der Waals surface area (Å²) in [5, 5.41) is 3.43. The Hall–Kier alpha value is -1.59. The Balaban J connectivity index is 2.18. The second-order valence-corrected chi connectivity index (χ2v) is 5.21. The van der Waals surface area contributed by atoms with Gasteiger partial charge in [0.05, 0.1) is 19.8 Å². The van der Waals surface area contributed by atoms with Crippen molar-refractivity contribution in [2.24, 2.45) is 0 Å². The van der Waals surface area contributed by atoms with Crippen LogP contribution in [0.2, 0.25) is 0 Å². The molecule has 0 spiro atoms. The molecular weight excluding hydrogens is 268 g/mol. The lowest BCUT2D eigenvalue weighted by Crippen LogP contribution is -2.33. The van der Waals surface area contributed by atoms with Gasteiger partial charge in [-0.3, -0.25) is 10.1 Å². The third-order valence-corrected chi connectivity index (χ3v) is 3.80. The van der Waals surface area contributed by atoms with Crippen LogP contribution in [-0.4, -0.2) is 44.2 Å². The summed E-state index contributed by atoms with van der Waals surface area (Å²) < 4.78 is 10.3. The van der Waals surface area contributed by atoms with Crippen molar-refractivity contribution < 1.29 is 14.3 Å². The molecule has 116 valence electrons. The molecule has 0 bridgehead atoms. The van der Waals surface area contributed by atoms with E-state index in [4.69, 9.17) is 9.47 Å². The van der Waals surface area contributed by atoms with E-state index in [1.54, 1.807) is 14.2 Å². The van der Waals surface area contributed by atoms with E-state index in [-0.39, 0.29) is 18.1 Å². The zero-order chi connectivity index (χ0) is 15.2. The Labute approximate surface area is 126 Å². The summed E-state index contributed by atoms with van der Waals surface area (Å²) in [5.74, 6) is 0.978. The van der Waals surface area contributed by atoms with Crippen molar-refractivity contribution in [2.45, 2.75) is 32.0 Å². The molecule has 5 nitrogen and oxygen atoms in total. The fourth-order valence-corrected chi connectivity index (χ4v) is 2.67. The van der Waals surface area contributed by atoms with Gasteiger partial charge in [-0.2, -0.15) is 0 Å². The molecule has 1 aromatic carbocycles. The molecule has 1 saturated heterocycles. The van der Waals surface area contributed by atoms with Gasteiger partial charge in [0.1, 0.15) is 11.9 Å². The highest BCUT2D eigenvalue weighted by Gasteiger charge is 2.38. The van der Waals surface area contributed by atoms with E-state index in [0.717, 1.165) is 24.2 Å². The van der Waals surface area contributed by atoms with Gasteiger partial charge in [0.2, 0.25) is 5.91 Å². The molecule has 0 saturated carbocycles. The second-order valence-electron chi connectivity index (χ2n) is 5.21. The first-order valence-corrected chi connectivity index (χ1v) is 7.40. The van der Waals surface area contributed by atoms with Gasteiger partial charge in [0.25, 0.3) is 0 Å². The summed E-state index contributed by atoms with van der Waals surface area (Å²) >= 11 is 0. The van der Waals surface area contributed by atoms with E-state index in [0.29, 0.717) is 13.2 Å². The van der Waals surface area contributed by atoms with Crippen LogP contribution in [-0.2, 0) is 9.53 Å². The van der Waals surface area contributed by atoms with Crippen LogP contribution in [0.4, 0.5) is 0 Å². The maximum Gasteiger partial charge on any atom is 0.241 e. The number of hydrogen-bond acceptors (Lipinski definition) is 4. The van der Waals surface area contributed by atoms with E-state index in [1.165, 1.54) is 0 Å². The van der Waals surface area contributed by atoms with E-state index in [1.807, 2.05) is 29.2 Å². The van der Waals surface area contributed by atoms with Gasteiger partial charge in [-0.05, 0) is 24.1 Å². The predicted octanol–water partition coefficient (Wildman–Crippen LogP) is 1.94. The molecule has 5 heteroatoms. The molecule has 21 heavy (non-hydrogen) atoms. The van der Waals surface area contributed by atoms with Gasteiger partial charge in [-0.15, -0.1) is 0 Å². The number of amides is 1. The first-order chi connectivity index (χ1) is 10.2. The average Bonchev–Trinajstić information content (AvgIpc) is 2.82. The summed E-state index contributed by atoms with van der Waals surface area (Å²) in [7, 11) is 3.30. The highest BCUT2D eigenvalue weighted by molar-refractivity contribution is 5.84. The lowest BCUT2D eigenvalue weighted by molar-refractivity contribution is -0.130. The maximum absolute atomic E-state index is 12.5. The van der Waals surface area contributed by atoms with E-state index < -0.39 is 0 Å². The monoisotopic (exact) mass is 292 g/mol. The number of nitrogens with zero attached hydrogens (tertiary/aromatic N) is 1. The van der Waals surface area contributed by atoms with Crippen molar-refractivity contribution in [1.82, 2.24) is 10.2 Å². The normalized spacial score (nSPS) is 21.9. The standard InChI is InChI=1S/C16H24N2O3/c1-4-5-14-16(19)18(10-11-20-2)15(17-14)12-6-8-13(21-3)9-7-12/h6-9,14-15,17H,4-5,10-11H2,1-3H3. The van der Waals surface area contributed by atoms with Crippen LogP contribution >= 0.6 is 0 Å². The maximum atomic E-state index is 12.5. The quantitative estimate of drug-likeness (QED) is 0.834. The van der Waals surface area contributed by atoms with Crippen LogP contribution in [0, 0.1) is 0 Å². The van der Waals surface area contributed by atoms with Gasteiger partial charge in [0.15, 0.2) is 0 Å². The molecule has 1 aliphatic rings. The summed E-state index contributed by atoms with van der Waals surface area (Å²) in [6, 6.07) is 7.74. The van der Waals surface area contributed by atoms with Gasteiger partial charge in [-0.1, -0.05) is 25.5 Å². The molecule has 2 unspecified atom stereocenters. The molecule has 1 N–H and O–H groups in total. The molecule has 0 radical (unpaired) electrons. The molecule has 2 rings (SSSR count). The highest BCUT2D eigenvalue weighted by Crippen LogP contribution is 2.28. The number of ether oxygens (including phenoxy) is 2. The lowest BCUT2D eigenvalue weighted by Gasteiger charge is -2.24. The summed E-state index contributed by atoms with van der Waals surface area (Å²) in [6.45, 7) is 3.23. The summed E-state index contributed by atoms with van der Waals surface area (Å²) in [5.41, 5.74) is 1.07. The van der Waals surface area contributed by atoms with Crippen molar-refractivity contribution in [3.05, 3.63) is 29.8 Å². The molecule has 1 heterocycles. The largest absolute Gasteiger partial charge is 0.497 e. The second kappa shape index (κ2) is 7.43. The predicted molar refractivity (Wildman–Crippen MR) is 81.2 cm³/mol. The third kappa shape index (κ3) is 3.54. The third-order valence-electron chi connectivity index (χ3n) is 3.80. The Morgan fingerprint density at radius 3 is 2.52 bits per heavy atom. The van der Waals surface area contributed by atoms with E-state index in [9.17, 15) is 4.79 Å². The number of methoxy groups -OCH3 is 2. The van der Waals surface area contributed by atoms with Crippen LogP contribution < -0.4 is 10.1 Å². The minimum Gasteiger partial charge on any atom is -0.497 e. The van der Waals surface area contributed by atoms with Gasteiger partial charge in [-0.25, -0.2) is 0 Å². The van der Waals surface area contributed by atoms with Gasteiger partial charge in [0, 0.05) is 13.7 Å². The Bertz CT molecular complexity index is 461. The van der Waals surface area contributed by atoms with Crippen LogP contribution in [0.25, 0.3) is 0 Å². The van der Waals surface area contributed by atoms with Crippen molar-refractivity contribution >= 4 is 5.91 Å². The number of hydrogen-bond donors (Lipinski definition) is 1. The minimum atomic E-state index is -0.0982. The highest BCUT2D eigenvalue weighted by atomic mass is 16.5. The number of nitrogens with one attached hydrogen (secondary N) is 1. The van der Waals surface area contributed by atoms with E-state index in [2.05, 4.69) is 12.2 Å². The molecule has 0 aromatic heterocycles. The fraction of sp³-hybridized carbons (Fsp3) is 0.562. The van der Waals surface area contributed by atoms with Crippen molar-refractivity contribution in [2.75, 3.05) is 27.4 Å². The van der Waals surface area contributed by atoms with Crippen LogP contribution in [0.15, 0.2) is 24.3 Å². The minimum absolute atomic E-state index is 0.0879. The van der Waals surface area contributed by atoms with Crippen molar-refractivity contribution in [1.29, 1.82) is 0 Å². The first-order valence-electron chi connectivity index (χ1n) is 7.40. The van der Waals surface area contributed by atoms with Crippen molar-refractivity contribution in [3.63, 3.8) is 0 Å². The summed E-state index contributed by atoms with van der Waals surface area (Å²) in [6.07, 6.45) is 1.75. The van der Waals surface area contributed by atoms with Gasteiger partial charge >= 0.3 is 0 Å². The molecule has 0 aliphatic carbocycles. The average molecular weight is 292 g/mol. The Morgan fingerprint density at radius 1 is 1.24 bits per heavy atom. The zero-order valence-corrected chi connectivity index (χ0v) is 13.0. The van der Waals surface area contributed by atoms with Crippen molar-refractivity contribution in [3.8, 4) is 5.75 Å². The zero-order valence-electron chi connectivity index (χ0n) is 13.0. The topological polar surface area (TPSA) is 50.8 Å². The smallest absolute Gasteiger partial charge is 0.241 e. The SMILES string of the molecule is CCCC1NC(c2ccc(OC)cc2)N(CCOC)C1=O. The number of rotatable bonds is 7. The molecule has 1 aliphatic heterocycles. The number of carbonyl (C=O) groups is 1. The summed E-state index contributed by atoms with van der Waals surface area (Å²) in [4.78, 5) is 14.4. The molecule has 1 aromatic rings. The number of benzene rings is 1. The molecular formula is C16H24N2O3. The fourth-order valence-electron chi connectivity index (χ4n) is 2.67. The van der Waals surface area contributed by atoms with Crippen LogP contribution in [0.5, 0.6) is 5.75 Å². The van der Waals surface area contributed by atoms with Gasteiger partial charge < -0.3 is 14.4 Å². The molecule has 1 fully saturated rings. The first kappa shape index (κ1) is 15.8. The van der Waals surface area contributed by atoms with Crippen LogP contribution in [0.3, 0.4) is 0 Å². The molecule has 2 atom stereocenters. The number of carbonyl (C=O) groups excluding carboxylic acids is 1. The molecule has 1 amide bonds. The Morgan fingerprint density at radius 2 is 1.95 bits per heavy atom. The van der Waals surface area contributed by atoms with Crippen LogP contribution in [0.1, 0.15) is 31.5 Å². The lowest BCUT2D eigenvalue weighted by atomic mass is 10.1.